The molecule has 2 aromatic carbocycles. The quantitative estimate of drug-likeness (QED) is 0.446. The van der Waals surface area contributed by atoms with E-state index < -0.39 is 52.5 Å². The molecule has 4 rings (SSSR count). The Kier molecular flexibility index (Phi) is 6.68. The summed E-state index contributed by atoms with van der Waals surface area (Å²) < 4.78 is 36.2. The minimum Gasteiger partial charge on any atom is -0.459 e. The van der Waals surface area contributed by atoms with E-state index >= 15 is 4.39 Å². The van der Waals surface area contributed by atoms with Crippen LogP contribution in [0.3, 0.4) is 0 Å². The minimum absolute atomic E-state index is 0.0700. The standard InChI is InChI=1S/C27H30Cl2F2N2O3/c1-25(2,3)12-19-27(14-10-17(30)16(29)11-18(14)32-24(27)35)20(13-8-7-9-15(28)21(13)31)22(33-19)23(34)36-26(4,5)6/h7-11,19-20,22,33H,12H2,1-6H3,(H,32,35)/t19-,20+,22?,27?/m0/s1. The van der Waals surface area contributed by atoms with E-state index in [-0.39, 0.29) is 21.0 Å². The van der Waals surface area contributed by atoms with Gasteiger partial charge in [0.05, 0.1) is 10.0 Å². The average molecular weight is 539 g/mol. The van der Waals surface area contributed by atoms with Crippen LogP contribution in [0.15, 0.2) is 30.3 Å². The molecule has 5 nitrogen and oxygen atoms in total. The third-order valence-corrected chi connectivity index (χ3v) is 7.26. The van der Waals surface area contributed by atoms with Crippen LogP contribution < -0.4 is 10.6 Å². The maximum atomic E-state index is 15.6. The average Bonchev–Trinajstić information content (AvgIpc) is 3.19. The summed E-state index contributed by atoms with van der Waals surface area (Å²) in [4.78, 5) is 27.5. The summed E-state index contributed by atoms with van der Waals surface area (Å²) in [5.41, 5.74) is -1.97. The number of rotatable bonds is 3. The summed E-state index contributed by atoms with van der Waals surface area (Å²) in [5, 5.41) is 5.82. The van der Waals surface area contributed by atoms with Gasteiger partial charge in [0.2, 0.25) is 5.91 Å². The molecule has 4 atom stereocenters. The van der Waals surface area contributed by atoms with Gasteiger partial charge >= 0.3 is 5.97 Å². The van der Waals surface area contributed by atoms with Crippen molar-refractivity contribution in [1.82, 2.24) is 5.32 Å². The molecule has 1 fully saturated rings. The number of hydrogen-bond donors (Lipinski definition) is 2. The monoisotopic (exact) mass is 538 g/mol. The molecule has 2 unspecified atom stereocenters. The molecule has 0 aromatic heterocycles. The van der Waals surface area contributed by atoms with E-state index in [1.165, 1.54) is 24.3 Å². The number of amides is 1. The molecule has 1 amide bonds. The highest BCUT2D eigenvalue weighted by Crippen LogP contribution is 2.57. The Hall–Kier alpha value is -2.22. The molecule has 2 aromatic rings. The zero-order chi connectivity index (χ0) is 26.8. The molecular weight excluding hydrogens is 509 g/mol. The SMILES string of the molecule is CC(C)(C)C[C@@H]1NC(C(=O)OC(C)(C)C)[C@@H](c2cccc(Cl)c2F)C12C(=O)Nc1cc(Cl)c(F)cc12. The number of carbonyl (C=O) groups excluding carboxylic acids is 2. The molecular formula is C27H30Cl2F2N2O3. The van der Waals surface area contributed by atoms with Gasteiger partial charge in [-0.3, -0.25) is 14.9 Å². The van der Waals surface area contributed by atoms with Crippen LogP contribution in [-0.2, 0) is 19.7 Å². The zero-order valence-corrected chi connectivity index (χ0v) is 22.6. The van der Waals surface area contributed by atoms with Crippen molar-refractivity contribution >= 4 is 40.8 Å². The van der Waals surface area contributed by atoms with Crippen molar-refractivity contribution in [3.05, 3.63) is 63.1 Å². The molecule has 1 spiro atoms. The topological polar surface area (TPSA) is 67.4 Å². The first kappa shape index (κ1) is 26.8. The number of fused-ring (bicyclic) bond motifs is 2. The Morgan fingerprint density at radius 1 is 1.08 bits per heavy atom. The van der Waals surface area contributed by atoms with E-state index in [4.69, 9.17) is 27.9 Å². The summed E-state index contributed by atoms with van der Waals surface area (Å²) in [6.45, 7) is 11.2. The molecule has 0 radical (unpaired) electrons. The predicted octanol–water partition coefficient (Wildman–Crippen LogP) is 6.36. The molecule has 2 aliphatic rings. The van der Waals surface area contributed by atoms with Crippen molar-refractivity contribution in [2.75, 3.05) is 5.32 Å². The first-order chi connectivity index (χ1) is 16.6. The number of hydrogen-bond acceptors (Lipinski definition) is 4. The Balaban J connectivity index is 2.04. The van der Waals surface area contributed by atoms with Crippen LogP contribution in [0.2, 0.25) is 10.0 Å². The van der Waals surface area contributed by atoms with Crippen LogP contribution in [-0.4, -0.2) is 29.6 Å². The lowest BCUT2D eigenvalue weighted by Crippen LogP contribution is -2.49. The van der Waals surface area contributed by atoms with Gasteiger partial charge in [-0.2, -0.15) is 0 Å². The first-order valence-electron chi connectivity index (χ1n) is 11.8. The third kappa shape index (κ3) is 4.50. The Morgan fingerprint density at radius 3 is 2.36 bits per heavy atom. The summed E-state index contributed by atoms with van der Waals surface area (Å²) in [5.74, 6) is -3.66. The Labute approximate surface area is 219 Å². The molecule has 1 saturated heterocycles. The lowest BCUT2D eigenvalue weighted by atomic mass is 9.62. The van der Waals surface area contributed by atoms with Gasteiger partial charge in [0.15, 0.2) is 0 Å². The molecule has 194 valence electrons. The minimum atomic E-state index is -1.54. The van der Waals surface area contributed by atoms with Crippen LogP contribution in [0.4, 0.5) is 14.5 Å². The highest BCUT2D eigenvalue weighted by molar-refractivity contribution is 6.31. The summed E-state index contributed by atoms with van der Waals surface area (Å²) >= 11 is 12.2. The fraction of sp³-hybridized carbons (Fsp3) is 0.481. The van der Waals surface area contributed by atoms with Crippen molar-refractivity contribution in [3.8, 4) is 0 Å². The van der Waals surface area contributed by atoms with E-state index in [0.29, 0.717) is 17.7 Å². The number of esters is 1. The van der Waals surface area contributed by atoms with Crippen molar-refractivity contribution < 1.29 is 23.1 Å². The van der Waals surface area contributed by atoms with Crippen molar-refractivity contribution in [2.45, 2.75) is 77.0 Å². The van der Waals surface area contributed by atoms with Crippen LogP contribution in [0.5, 0.6) is 0 Å². The second kappa shape index (κ2) is 8.96. The van der Waals surface area contributed by atoms with E-state index in [9.17, 15) is 14.0 Å². The van der Waals surface area contributed by atoms with Gasteiger partial charge in [-0.05, 0) is 61.9 Å². The maximum Gasteiger partial charge on any atom is 0.324 e. The fourth-order valence-corrected chi connectivity index (χ4v) is 5.85. The molecule has 2 heterocycles. The van der Waals surface area contributed by atoms with Gasteiger partial charge < -0.3 is 10.1 Å². The van der Waals surface area contributed by atoms with E-state index in [2.05, 4.69) is 10.6 Å². The number of halogens is 4. The van der Waals surface area contributed by atoms with Gasteiger partial charge in [-0.1, -0.05) is 56.1 Å². The maximum absolute atomic E-state index is 15.6. The molecule has 0 aliphatic carbocycles. The van der Waals surface area contributed by atoms with E-state index in [1.54, 1.807) is 26.8 Å². The molecule has 9 heteroatoms. The number of nitrogens with one attached hydrogen (secondary N) is 2. The molecule has 2 aliphatic heterocycles. The van der Waals surface area contributed by atoms with Crippen LogP contribution >= 0.6 is 23.2 Å². The van der Waals surface area contributed by atoms with Gasteiger partial charge in [-0.25, -0.2) is 8.78 Å². The van der Waals surface area contributed by atoms with Crippen LogP contribution in [0.1, 0.15) is 65.0 Å². The first-order valence-corrected chi connectivity index (χ1v) is 12.6. The van der Waals surface area contributed by atoms with Crippen molar-refractivity contribution in [1.29, 1.82) is 0 Å². The number of carbonyl (C=O) groups is 2. The molecule has 0 bridgehead atoms. The fourth-order valence-electron chi connectivity index (χ4n) is 5.51. The number of ether oxygens (including phenoxy) is 1. The number of anilines is 1. The second-order valence-corrected chi connectivity index (χ2v) is 12.6. The van der Waals surface area contributed by atoms with E-state index in [1.807, 2.05) is 20.8 Å². The smallest absolute Gasteiger partial charge is 0.324 e. The largest absolute Gasteiger partial charge is 0.459 e. The Morgan fingerprint density at radius 2 is 1.75 bits per heavy atom. The molecule has 36 heavy (non-hydrogen) atoms. The zero-order valence-electron chi connectivity index (χ0n) is 21.1. The van der Waals surface area contributed by atoms with Crippen LogP contribution in [0.25, 0.3) is 0 Å². The predicted molar refractivity (Wildman–Crippen MR) is 136 cm³/mol. The van der Waals surface area contributed by atoms with Crippen molar-refractivity contribution in [3.63, 3.8) is 0 Å². The summed E-state index contributed by atoms with van der Waals surface area (Å²) in [6, 6.07) is 5.24. The third-order valence-electron chi connectivity index (χ3n) is 6.68. The van der Waals surface area contributed by atoms with E-state index in [0.717, 1.165) is 0 Å². The highest BCUT2D eigenvalue weighted by Gasteiger charge is 2.67. The Bertz CT molecular complexity index is 1240. The summed E-state index contributed by atoms with van der Waals surface area (Å²) in [7, 11) is 0. The molecule has 0 saturated carbocycles. The van der Waals surface area contributed by atoms with Gasteiger partial charge in [0, 0.05) is 17.6 Å². The van der Waals surface area contributed by atoms with Gasteiger partial charge in [0.25, 0.3) is 0 Å². The lowest BCUT2D eigenvalue weighted by Gasteiger charge is -2.37. The second-order valence-electron chi connectivity index (χ2n) is 11.8. The van der Waals surface area contributed by atoms with Gasteiger partial charge in [0.1, 0.15) is 28.7 Å². The van der Waals surface area contributed by atoms with Gasteiger partial charge in [-0.15, -0.1) is 0 Å². The molecule has 2 N–H and O–H groups in total. The van der Waals surface area contributed by atoms with Crippen molar-refractivity contribution in [2.24, 2.45) is 5.41 Å². The highest BCUT2D eigenvalue weighted by atomic mass is 35.5. The van der Waals surface area contributed by atoms with Crippen LogP contribution in [0, 0.1) is 17.0 Å². The summed E-state index contributed by atoms with van der Waals surface area (Å²) in [6.07, 6.45) is 0.419. The normalized spacial score (nSPS) is 25.7. The lowest BCUT2D eigenvalue weighted by molar-refractivity contribution is -0.157. The number of benzene rings is 2.